The molecule has 5 nitrogen and oxygen atoms in total. The molecule has 0 aliphatic carbocycles. The third-order valence-corrected chi connectivity index (χ3v) is 3.15. The quantitative estimate of drug-likeness (QED) is 0.874. The second-order valence-electron chi connectivity index (χ2n) is 4.68. The minimum Gasteiger partial charge on any atom is -0.334 e. The van der Waals surface area contributed by atoms with Crippen molar-refractivity contribution in [3.63, 3.8) is 0 Å². The van der Waals surface area contributed by atoms with E-state index in [2.05, 4.69) is 28.7 Å². The Morgan fingerprint density at radius 1 is 1.20 bits per heavy atom. The molecular formula is C15H20N4O. The molecule has 0 saturated heterocycles. The lowest BCUT2D eigenvalue weighted by Gasteiger charge is -2.10. The van der Waals surface area contributed by atoms with E-state index in [0.717, 1.165) is 17.5 Å². The highest BCUT2D eigenvalue weighted by Crippen LogP contribution is 2.08. The van der Waals surface area contributed by atoms with Crippen LogP contribution in [0.1, 0.15) is 23.6 Å². The van der Waals surface area contributed by atoms with E-state index in [-0.39, 0.29) is 6.03 Å². The van der Waals surface area contributed by atoms with Gasteiger partial charge in [-0.15, -0.1) is 0 Å². The van der Waals surface area contributed by atoms with Crippen molar-refractivity contribution in [2.75, 3.05) is 0 Å². The highest BCUT2D eigenvalue weighted by atomic mass is 16.2. The molecule has 0 unspecified atom stereocenters. The number of amides is 2. The number of hydrogen-bond acceptors (Lipinski definition) is 2. The van der Waals surface area contributed by atoms with Crippen LogP contribution in [-0.2, 0) is 26.6 Å². The van der Waals surface area contributed by atoms with Crippen molar-refractivity contribution in [3.05, 3.63) is 53.3 Å². The van der Waals surface area contributed by atoms with Crippen LogP contribution in [0.2, 0.25) is 0 Å². The number of carbonyl (C=O) groups is 1. The molecule has 106 valence electrons. The van der Waals surface area contributed by atoms with Gasteiger partial charge in [0.25, 0.3) is 0 Å². The van der Waals surface area contributed by atoms with Gasteiger partial charge in [0.2, 0.25) is 0 Å². The van der Waals surface area contributed by atoms with E-state index in [9.17, 15) is 4.79 Å². The van der Waals surface area contributed by atoms with E-state index in [1.54, 1.807) is 10.9 Å². The summed E-state index contributed by atoms with van der Waals surface area (Å²) in [6, 6.07) is 7.97. The average Bonchev–Trinajstić information content (AvgIpc) is 2.89. The lowest BCUT2D eigenvalue weighted by atomic mass is 10.1. The first-order valence-corrected chi connectivity index (χ1v) is 6.75. The predicted octanol–water partition coefficient (Wildman–Crippen LogP) is 1.98. The van der Waals surface area contributed by atoms with Crippen LogP contribution >= 0.6 is 0 Å². The molecule has 5 heteroatoms. The molecule has 2 rings (SSSR count). The maximum absolute atomic E-state index is 11.7. The number of nitrogens with zero attached hydrogens (tertiary/aromatic N) is 2. The lowest BCUT2D eigenvalue weighted by Crippen LogP contribution is -2.34. The van der Waals surface area contributed by atoms with Crippen molar-refractivity contribution in [2.45, 2.75) is 26.4 Å². The van der Waals surface area contributed by atoms with Crippen molar-refractivity contribution in [1.82, 2.24) is 20.4 Å². The minimum absolute atomic E-state index is 0.167. The SMILES string of the molecule is CCc1ccccc1CNC(=O)NCc1cnn(C)c1. The van der Waals surface area contributed by atoms with Crippen molar-refractivity contribution in [2.24, 2.45) is 7.05 Å². The zero-order valence-electron chi connectivity index (χ0n) is 11.9. The number of rotatable bonds is 5. The summed E-state index contributed by atoms with van der Waals surface area (Å²) < 4.78 is 1.71. The molecule has 0 saturated carbocycles. The van der Waals surface area contributed by atoms with Gasteiger partial charge in [0.05, 0.1) is 6.20 Å². The predicted molar refractivity (Wildman–Crippen MR) is 78.1 cm³/mol. The fourth-order valence-corrected chi connectivity index (χ4v) is 2.06. The molecule has 2 N–H and O–H groups in total. The van der Waals surface area contributed by atoms with Crippen molar-refractivity contribution < 1.29 is 4.79 Å². The molecule has 0 fully saturated rings. The van der Waals surface area contributed by atoms with Gasteiger partial charge in [0.1, 0.15) is 0 Å². The van der Waals surface area contributed by atoms with E-state index in [0.29, 0.717) is 13.1 Å². The average molecular weight is 272 g/mol. The molecule has 1 aromatic heterocycles. The van der Waals surface area contributed by atoms with Crippen LogP contribution in [-0.4, -0.2) is 15.8 Å². The molecule has 20 heavy (non-hydrogen) atoms. The first-order chi connectivity index (χ1) is 9.69. The second kappa shape index (κ2) is 6.75. The molecule has 0 spiro atoms. The fraction of sp³-hybridized carbons (Fsp3) is 0.333. The Hall–Kier alpha value is -2.30. The summed E-state index contributed by atoms with van der Waals surface area (Å²) in [6.07, 6.45) is 4.59. The summed E-state index contributed by atoms with van der Waals surface area (Å²) in [5, 5.41) is 9.75. The first kappa shape index (κ1) is 14.1. The van der Waals surface area contributed by atoms with Crippen LogP contribution in [0.25, 0.3) is 0 Å². The van der Waals surface area contributed by atoms with E-state index >= 15 is 0 Å². The Balaban J connectivity index is 1.80. The van der Waals surface area contributed by atoms with Gasteiger partial charge in [-0.25, -0.2) is 4.79 Å². The number of benzene rings is 1. The van der Waals surface area contributed by atoms with Crippen LogP contribution < -0.4 is 10.6 Å². The zero-order valence-corrected chi connectivity index (χ0v) is 11.9. The molecule has 0 radical (unpaired) electrons. The summed E-state index contributed by atoms with van der Waals surface area (Å²) in [6.45, 7) is 3.14. The fourth-order valence-electron chi connectivity index (χ4n) is 2.06. The van der Waals surface area contributed by atoms with E-state index in [4.69, 9.17) is 0 Å². The summed E-state index contributed by atoms with van der Waals surface area (Å²) in [7, 11) is 1.85. The largest absolute Gasteiger partial charge is 0.334 e. The van der Waals surface area contributed by atoms with E-state index in [1.165, 1.54) is 5.56 Å². The third-order valence-electron chi connectivity index (χ3n) is 3.15. The smallest absolute Gasteiger partial charge is 0.315 e. The second-order valence-corrected chi connectivity index (χ2v) is 4.68. The number of aryl methyl sites for hydroxylation is 2. The van der Waals surface area contributed by atoms with Gasteiger partial charge >= 0.3 is 6.03 Å². The molecule has 2 amide bonds. The standard InChI is InChI=1S/C15H20N4O/c1-3-13-6-4-5-7-14(13)10-17-15(20)16-8-12-9-18-19(2)11-12/h4-7,9,11H,3,8,10H2,1-2H3,(H2,16,17,20). The van der Waals surface area contributed by atoms with Crippen LogP contribution in [0.3, 0.4) is 0 Å². The molecule has 2 aromatic rings. The van der Waals surface area contributed by atoms with Crippen LogP contribution in [0.4, 0.5) is 4.79 Å². The van der Waals surface area contributed by atoms with Crippen molar-refractivity contribution in [3.8, 4) is 0 Å². The van der Waals surface area contributed by atoms with Gasteiger partial charge < -0.3 is 10.6 Å². The van der Waals surface area contributed by atoms with Gasteiger partial charge in [-0.1, -0.05) is 31.2 Å². The molecule has 1 aromatic carbocycles. The van der Waals surface area contributed by atoms with Gasteiger partial charge in [0.15, 0.2) is 0 Å². The molecule has 0 aliphatic heterocycles. The monoisotopic (exact) mass is 272 g/mol. The molecule has 0 bridgehead atoms. The maximum Gasteiger partial charge on any atom is 0.315 e. The summed E-state index contributed by atoms with van der Waals surface area (Å²) in [5.74, 6) is 0. The Labute approximate surface area is 119 Å². The lowest BCUT2D eigenvalue weighted by molar-refractivity contribution is 0.240. The number of aromatic nitrogens is 2. The number of urea groups is 1. The Bertz CT molecular complexity index is 577. The van der Waals surface area contributed by atoms with Gasteiger partial charge in [0, 0.05) is 31.9 Å². The van der Waals surface area contributed by atoms with Crippen molar-refractivity contribution in [1.29, 1.82) is 0 Å². The highest BCUT2D eigenvalue weighted by Gasteiger charge is 2.04. The first-order valence-electron chi connectivity index (χ1n) is 6.75. The maximum atomic E-state index is 11.7. The minimum atomic E-state index is -0.167. The van der Waals surface area contributed by atoms with Crippen LogP contribution in [0, 0.1) is 0 Å². The zero-order chi connectivity index (χ0) is 14.4. The van der Waals surface area contributed by atoms with E-state index in [1.807, 2.05) is 31.4 Å². The molecule has 0 atom stereocenters. The highest BCUT2D eigenvalue weighted by molar-refractivity contribution is 5.73. The number of hydrogen-bond donors (Lipinski definition) is 2. The Kier molecular flexibility index (Phi) is 4.76. The number of nitrogens with one attached hydrogen (secondary N) is 2. The van der Waals surface area contributed by atoms with E-state index < -0.39 is 0 Å². The Morgan fingerprint density at radius 2 is 1.90 bits per heavy atom. The van der Waals surface area contributed by atoms with Gasteiger partial charge in [-0.05, 0) is 17.5 Å². The molecule has 1 heterocycles. The van der Waals surface area contributed by atoms with Crippen LogP contribution in [0.5, 0.6) is 0 Å². The molecule has 0 aliphatic rings. The van der Waals surface area contributed by atoms with Crippen LogP contribution in [0.15, 0.2) is 36.7 Å². The topological polar surface area (TPSA) is 59.0 Å². The van der Waals surface area contributed by atoms with Crippen molar-refractivity contribution >= 4 is 6.03 Å². The molecular weight excluding hydrogens is 252 g/mol. The number of carbonyl (C=O) groups excluding carboxylic acids is 1. The normalized spacial score (nSPS) is 10.3. The summed E-state index contributed by atoms with van der Waals surface area (Å²) in [5.41, 5.74) is 3.41. The summed E-state index contributed by atoms with van der Waals surface area (Å²) in [4.78, 5) is 11.7. The Morgan fingerprint density at radius 3 is 2.55 bits per heavy atom. The third kappa shape index (κ3) is 3.85. The van der Waals surface area contributed by atoms with Gasteiger partial charge in [-0.3, -0.25) is 4.68 Å². The summed E-state index contributed by atoms with van der Waals surface area (Å²) >= 11 is 0. The van der Waals surface area contributed by atoms with Gasteiger partial charge in [-0.2, -0.15) is 5.10 Å².